The number of unbranched alkanes of at least 4 members (excludes halogenated alkanes) is 2. The summed E-state index contributed by atoms with van der Waals surface area (Å²) in [5.41, 5.74) is 0. The molecule has 0 bridgehead atoms. The van der Waals surface area contributed by atoms with E-state index in [1.165, 1.54) is 37.2 Å². The Morgan fingerprint density at radius 2 is 2.00 bits per heavy atom. The summed E-state index contributed by atoms with van der Waals surface area (Å²) >= 11 is 2.05. The molecule has 2 nitrogen and oxygen atoms in total. The second-order valence-electron chi connectivity index (χ2n) is 3.89. The molecule has 1 atom stereocenters. The summed E-state index contributed by atoms with van der Waals surface area (Å²) in [6, 6.07) is 0.529. The molecule has 92 valence electrons. The highest BCUT2D eigenvalue weighted by atomic mass is 32.2. The minimum atomic E-state index is 0.529. The molecule has 0 aliphatic rings. The topological polar surface area (TPSA) is 21.3 Å². The van der Waals surface area contributed by atoms with E-state index in [-0.39, 0.29) is 0 Å². The summed E-state index contributed by atoms with van der Waals surface area (Å²) in [7, 11) is 1.78. The van der Waals surface area contributed by atoms with Gasteiger partial charge in [0.25, 0.3) is 0 Å². The molecule has 0 aliphatic heterocycles. The number of methoxy groups -OCH3 is 1. The van der Waals surface area contributed by atoms with Crippen molar-refractivity contribution < 1.29 is 4.74 Å². The third-order valence-corrected chi connectivity index (χ3v) is 3.48. The molecule has 1 unspecified atom stereocenters. The molecule has 0 amide bonds. The Kier molecular flexibility index (Phi) is 12.6. The quantitative estimate of drug-likeness (QED) is 0.554. The van der Waals surface area contributed by atoms with Crippen LogP contribution in [0.25, 0.3) is 0 Å². The Labute approximate surface area is 99.5 Å². The third-order valence-electron chi connectivity index (χ3n) is 2.26. The largest absolute Gasteiger partial charge is 0.383 e. The fourth-order valence-corrected chi connectivity index (χ4v) is 2.47. The van der Waals surface area contributed by atoms with Crippen molar-refractivity contribution in [3.05, 3.63) is 0 Å². The predicted molar refractivity (Wildman–Crippen MR) is 70.8 cm³/mol. The Balaban J connectivity index is 3.38. The van der Waals surface area contributed by atoms with Crippen LogP contribution in [0.4, 0.5) is 0 Å². The van der Waals surface area contributed by atoms with Crippen molar-refractivity contribution in [3.8, 4) is 0 Å². The minimum Gasteiger partial charge on any atom is -0.383 e. The molecule has 0 spiro atoms. The molecule has 0 aromatic heterocycles. The molecule has 1 N–H and O–H groups in total. The maximum atomic E-state index is 5.20. The zero-order valence-electron chi connectivity index (χ0n) is 10.6. The lowest BCUT2D eigenvalue weighted by Gasteiger charge is -2.17. The zero-order chi connectivity index (χ0) is 11.4. The van der Waals surface area contributed by atoms with Crippen LogP contribution < -0.4 is 5.32 Å². The van der Waals surface area contributed by atoms with E-state index in [1.54, 1.807) is 7.11 Å². The number of hydrogen-bond acceptors (Lipinski definition) is 3. The van der Waals surface area contributed by atoms with Gasteiger partial charge in [-0.15, -0.1) is 0 Å². The van der Waals surface area contributed by atoms with Crippen molar-refractivity contribution in [1.82, 2.24) is 5.32 Å². The van der Waals surface area contributed by atoms with Crippen LogP contribution in [-0.4, -0.2) is 37.8 Å². The Bertz CT molecular complexity index is 122. The second kappa shape index (κ2) is 12.3. The fourth-order valence-electron chi connectivity index (χ4n) is 1.40. The molecule has 0 aliphatic carbocycles. The van der Waals surface area contributed by atoms with Crippen LogP contribution in [-0.2, 0) is 4.74 Å². The van der Waals surface area contributed by atoms with Gasteiger partial charge in [-0.25, -0.2) is 0 Å². The lowest BCUT2D eigenvalue weighted by atomic mass is 10.3. The van der Waals surface area contributed by atoms with Gasteiger partial charge in [0, 0.05) is 18.9 Å². The number of ether oxygens (including phenoxy) is 1. The van der Waals surface area contributed by atoms with Crippen molar-refractivity contribution in [2.24, 2.45) is 0 Å². The van der Waals surface area contributed by atoms with Crippen LogP contribution in [0.15, 0.2) is 0 Å². The van der Waals surface area contributed by atoms with Gasteiger partial charge in [0.2, 0.25) is 0 Å². The Morgan fingerprint density at radius 1 is 1.20 bits per heavy atom. The van der Waals surface area contributed by atoms with Crippen LogP contribution in [0.5, 0.6) is 0 Å². The summed E-state index contributed by atoms with van der Waals surface area (Å²) in [5, 5.41) is 3.52. The Morgan fingerprint density at radius 3 is 2.60 bits per heavy atom. The summed E-state index contributed by atoms with van der Waals surface area (Å²) in [6.45, 7) is 6.39. The maximum absolute atomic E-state index is 5.20. The zero-order valence-corrected chi connectivity index (χ0v) is 11.4. The normalized spacial score (nSPS) is 13.0. The molecule has 15 heavy (non-hydrogen) atoms. The molecule has 0 heterocycles. The van der Waals surface area contributed by atoms with Gasteiger partial charge in [-0.3, -0.25) is 0 Å². The molecular formula is C12H27NOS. The molecule has 0 saturated carbocycles. The number of nitrogens with one attached hydrogen (secondary N) is 1. The first-order valence-electron chi connectivity index (χ1n) is 6.15. The summed E-state index contributed by atoms with van der Waals surface area (Å²) in [5.74, 6) is 2.47. The molecular weight excluding hydrogens is 206 g/mol. The van der Waals surface area contributed by atoms with Gasteiger partial charge in [-0.05, 0) is 25.1 Å². The van der Waals surface area contributed by atoms with Gasteiger partial charge in [0.15, 0.2) is 0 Å². The van der Waals surface area contributed by atoms with Gasteiger partial charge in [-0.1, -0.05) is 26.7 Å². The van der Waals surface area contributed by atoms with E-state index >= 15 is 0 Å². The highest BCUT2D eigenvalue weighted by Crippen LogP contribution is 2.08. The fraction of sp³-hybridized carbons (Fsp3) is 1.00. The number of thioether (sulfide) groups is 1. The van der Waals surface area contributed by atoms with Crippen molar-refractivity contribution in [3.63, 3.8) is 0 Å². The van der Waals surface area contributed by atoms with Gasteiger partial charge in [0.05, 0.1) is 6.61 Å². The van der Waals surface area contributed by atoms with E-state index in [1.807, 2.05) is 11.8 Å². The highest BCUT2D eigenvalue weighted by molar-refractivity contribution is 7.99. The number of rotatable bonds is 11. The van der Waals surface area contributed by atoms with E-state index in [2.05, 4.69) is 19.2 Å². The molecule has 0 saturated heterocycles. The highest BCUT2D eigenvalue weighted by Gasteiger charge is 2.06. The van der Waals surface area contributed by atoms with E-state index in [0.717, 1.165) is 13.2 Å². The molecule has 0 aromatic rings. The molecule has 0 radical (unpaired) electrons. The van der Waals surface area contributed by atoms with Crippen LogP contribution in [0.3, 0.4) is 0 Å². The standard InChI is InChI=1S/C12H27NOS/c1-4-6-7-9-15-11-12(10-14-3)13-8-5-2/h12-13H,4-11H2,1-3H3. The van der Waals surface area contributed by atoms with Gasteiger partial charge in [0.1, 0.15) is 0 Å². The van der Waals surface area contributed by atoms with Crippen molar-refractivity contribution in [1.29, 1.82) is 0 Å². The first kappa shape index (κ1) is 15.3. The van der Waals surface area contributed by atoms with Crippen molar-refractivity contribution in [2.45, 2.75) is 45.6 Å². The SMILES string of the molecule is CCCCCSCC(COC)NCCC. The van der Waals surface area contributed by atoms with Crippen LogP contribution in [0.1, 0.15) is 39.5 Å². The summed E-state index contributed by atoms with van der Waals surface area (Å²) in [6.07, 6.45) is 5.23. The molecule has 0 aromatic carbocycles. The predicted octanol–water partition coefficient (Wildman–Crippen LogP) is 2.92. The molecule has 0 rings (SSSR count). The van der Waals surface area contributed by atoms with E-state index in [9.17, 15) is 0 Å². The van der Waals surface area contributed by atoms with Gasteiger partial charge >= 0.3 is 0 Å². The summed E-state index contributed by atoms with van der Waals surface area (Å²) < 4.78 is 5.20. The first-order chi connectivity index (χ1) is 7.35. The molecule has 3 heteroatoms. The van der Waals surface area contributed by atoms with Crippen LogP contribution in [0, 0.1) is 0 Å². The Hall–Kier alpha value is 0.270. The lowest BCUT2D eigenvalue weighted by molar-refractivity contribution is 0.174. The van der Waals surface area contributed by atoms with Gasteiger partial charge < -0.3 is 10.1 Å². The maximum Gasteiger partial charge on any atom is 0.0623 e. The third kappa shape index (κ3) is 10.6. The number of hydrogen-bond donors (Lipinski definition) is 1. The van der Waals surface area contributed by atoms with Crippen molar-refractivity contribution in [2.75, 3.05) is 31.8 Å². The average molecular weight is 233 g/mol. The van der Waals surface area contributed by atoms with Crippen LogP contribution >= 0.6 is 11.8 Å². The van der Waals surface area contributed by atoms with Crippen molar-refractivity contribution >= 4 is 11.8 Å². The van der Waals surface area contributed by atoms with E-state index < -0.39 is 0 Å². The lowest BCUT2D eigenvalue weighted by Crippen LogP contribution is -2.36. The second-order valence-corrected chi connectivity index (χ2v) is 5.04. The monoisotopic (exact) mass is 233 g/mol. The van der Waals surface area contributed by atoms with Gasteiger partial charge in [-0.2, -0.15) is 11.8 Å². The average Bonchev–Trinajstić information content (AvgIpc) is 2.25. The summed E-state index contributed by atoms with van der Waals surface area (Å²) in [4.78, 5) is 0. The smallest absolute Gasteiger partial charge is 0.0623 e. The minimum absolute atomic E-state index is 0.529. The first-order valence-corrected chi connectivity index (χ1v) is 7.30. The molecule has 0 fully saturated rings. The van der Waals surface area contributed by atoms with E-state index in [4.69, 9.17) is 4.74 Å². The van der Waals surface area contributed by atoms with E-state index in [0.29, 0.717) is 6.04 Å². The van der Waals surface area contributed by atoms with Crippen LogP contribution in [0.2, 0.25) is 0 Å².